The van der Waals surface area contributed by atoms with Gasteiger partial charge in [0.2, 0.25) is 0 Å². The smallest absolute Gasteiger partial charge is 0.122 e. The maximum Gasteiger partial charge on any atom is 0.122 e. The largest absolute Gasteiger partial charge is 0.496 e. The molecule has 0 aromatic heterocycles. The van der Waals surface area contributed by atoms with Gasteiger partial charge in [-0.05, 0) is 42.0 Å². The van der Waals surface area contributed by atoms with E-state index in [2.05, 4.69) is 90.2 Å². The lowest BCUT2D eigenvalue weighted by molar-refractivity contribution is 0.313. The van der Waals surface area contributed by atoms with Gasteiger partial charge in [-0.1, -0.05) is 116 Å². The molecule has 1 fully saturated rings. The molecule has 0 unspecified atom stereocenters. The molecule has 4 aromatic rings. The molecule has 1 aliphatic carbocycles. The van der Waals surface area contributed by atoms with Crippen LogP contribution in [0.25, 0.3) is 0 Å². The Morgan fingerprint density at radius 1 is 0.579 bits per heavy atom. The van der Waals surface area contributed by atoms with Crippen LogP contribution in [0, 0.1) is 5.92 Å². The molecule has 198 valence electrons. The highest BCUT2D eigenvalue weighted by Gasteiger charge is 2.30. The SMILES string of the molecule is COc1ccccc1C(c1ccccc1OC)C1CCCCC1.c1ccc(CNCc2ccccc2)cc1. The van der Waals surface area contributed by atoms with Crippen molar-refractivity contribution in [3.63, 3.8) is 0 Å². The number of para-hydroxylation sites is 2. The summed E-state index contributed by atoms with van der Waals surface area (Å²) >= 11 is 0. The summed E-state index contributed by atoms with van der Waals surface area (Å²) in [6.45, 7) is 1.85. The zero-order valence-electron chi connectivity index (χ0n) is 22.8. The van der Waals surface area contributed by atoms with Crippen molar-refractivity contribution in [1.82, 2.24) is 5.32 Å². The highest BCUT2D eigenvalue weighted by molar-refractivity contribution is 5.47. The highest BCUT2D eigenvalue weighted by Crippen LogP contribution is 2.45. The Morgan fingerprint density at radius 2 is 1.00 bits per heavy atom. The maximum absolute atomic E-state index is 5.67. The topological polar surface area (TPSA) is 30.5 Å². The quantitative estimate of drug-likeness (QED) is 0.247. The van der Waals surface area contributed by atoms with Crippen LogP contribution < -0.4 is 14.8 Å². The summed E-state index contributed by atoms with van der Waals surface area (Å²) in [6.07, 6.45) is 6.57. The third kappa shape index (κ3) is 7.72. The lowest BCUT2D eigenvalue weighted by Gasteiger charge is -2.32. The van der Waals surface area contributed by atoms with Crippen LogP contribution in [0.4, 0.5) is 0 Å². The Balaban J connectivity index is 0.000000194. The molecule has 1 N–H and O–H groups in total. The highest BCUT2D eigenvalue weighted by atomic mass is 16.5. The molecule has 1 aliphatic rings. The van der Waals surface area contributed by atoms with E-state index in [0.717, 1.165) is 24.6 Å². The van der Waals surface area contributed by atoms with Crippen LogP contribution in [-0.4, -0.2) is 14.2 Å². The molecule has 0 radical (unpaired) electrons. The number of methoxy groups -OCH3 is 2. The molecule has 0 amide bonds. The van der Waals surface area contributed by atoms with Crippen molar-refractivity contribution in [1.29, 1.82) is 0 Å². The van der Waals surface area contributed by atoms with Gasteiger partial charge in [-0.25, -0.2) is 0 Å². The second-order valence-electron chi connectivity index (χ2n) is 9.93. The number of hydrogen-bond donors (Lipinski definition) is 1. The zero-order valence-corrected chi connectivity index (χ0v) is 22.8. The van der Waals surface area contributed by atoms with Crippen molar-refractivity contribution < 1.29 is 9.47 Å². The van der Waals surface area contributed by atoms with Crippen LogP contribution in [0.2, 0.25) is 0 Å². The van der Waals surface area contributed by atoms with Gasteiger partial charge in [0.25, 0.3) is 0 Å². The normalized spacial score (nSPS) is 13.4. The van der Waals surface area contributed by atoms with Crippen molar-refractivity contribution in [3.8, 4) is 11.5 Å². The van der Waals surface area contributed by atoms with Crippen molar-refractivity contribution in [2.24, 2.45) is 5.92 Å². The summed E-state index contributed by atoms with van der Waals surface area (Å²) in [6, 6.07) is 37.8. The fraction of sp³-hybridized carbons (Fsp3) is 0.314. The van der Waals surface area contributed by atoms with Crippen LogP contribution in [0.1, 0.15) is 60.3 Å². The fourth-order valence-electron chi connectivity index (χ4n) is 5.53. The van der Waals surface area contributed by atoms with Gasteiger partial charge in [0.05, 0.1) is 14.2 Å². The Kier molecular flexibility index (Phi) is 10.8. The Morgan fingerprint density at radius 3 is 1.45 bits per heavy atom. The van der Waals surface area contributed by atoms with Crippen LogP contribution in [0.5, 0.6) is 11.5 Å². The van der Waals surface area contributed by atoms with Gasteiger partial charge in [0.1, 0.15) is 11.5 Å². The molecule has 0 saturated heterocycles. The first-order valence-corrected chi connectivity index (χ1v) is 13.8. The molecule has 0 atom stereocenters. The van der Waals surface area contributed by atoms with E-state index in [1.807, 2.05) is 24.3 Å². The average Bonchev–Trinajstić information content (AvgIpc) is 3.00. The number of benzene rings is 4. The molecule has 0 heterocycles. The molecule has 5 rings (SSSR count). The molecule has 3 nitrogen and oxygen atoms in total. The van der Waals surface area contributed by atoms with Crippen LogP contribution in [0.3, 0.4) is 0 Å². The number of hydrogen-bond acceptors (Lipinski definition) is 3. The summed E-state index contributed by atoms with van der Waals surface area (Å²) < 4.78 is 11.3. The first-order chi connectivity index (χ1) is 18.8. The summed E-state index contributed by atoms with van der Waals surface area (Å²) in [5.74, 6) is 2.95. The summed E-state index contributed by atoms with van der Waals surface area (Å²) in [4.78, 5) is 0. The third-order valence-electron chi connectivity index (χ3n) is 7.41. The van der Waals surface area contributed by atoms with Crippen molar-refractivity contribution in [3.05, 3.63) is 131 Å². The number of nitrogens with one attached hydrogen (secondary N) is 1. The van der Waals surface area contributed by atoms with Gasteiger partial charge in [-0.3, -0.25) is 0 Å². The molecule has 38 heavy (non-hydrogen) atoms. The second kappa shape index (κ2) is 15.0. The van der Waals surface area contributed by atoms with E-state index < -0.39 is 0 Å². The van der Waals surface area contributed by atoms with Gasteiger partial charge in [-0.15, -0.1) is 0 Å². The van der Waals surface area contributed by atoms with Crippen molar-refractivity contribution in [2.45, 2.75) is 51.1 Å². The van der Waals surface area contributed by atoms with Gasteiger partial charge in [0, 0.05) is 30.1 Å². The predicted molar refractivity (Wildman–Crippen MR) is 158 cm³/mol. The van der Waals surface area contributed by atoms with Gasteiger partial charge in [0.15, 0.2) is 0 Å². The molecule has 1 saturated carbocycles. The van der Waals surface area contributed by atoms with Crippen molar-refractivity contribution >= 4 is 0 Å². The van der Waals surface area contributed by atoms with Gasteiger partial charge < -0.3 is 14.8 Å². The van der Waals surface area contributed by atoms with Crippen molar-refractivity contribution in [2.75, 3.05) is 14.2 Å². The molecule has 0 bridgehead atoms. The van der Waals surface area contributed by atoms with E-state index in [1.54, 1.807) is 14.2 Å². The minimum absolute atomic E-state index is 0.336. The van der Waals surface area contributed by atoms with E-state index in [4.69, 9.17) is 9.47 Å². The number of ether oxygens (including phenoxy) is 2. The molecule has 0 spiro atoms. The lowest BCUT2D eigenvalue weighted by atomic mass is 9.73. The minimum atomic E-state index is 0.336. The third-order valence-corrected chi connectivity index (χ3v) is 7.41. The van der Waals surface area contributed by atoms with Gasteiger partial charge >= 0.3 is 0 Å². The lowest BCUT2D eigenvalue weighted by Crippen LogP contribution is -2.19. The molecule has 0 aliphatic heterocycles. The maximum atomic E-state index is 5.67. The molecule has 3 heteroatoms. The molecule has 4 aromatic carbocycles. The Bertz CT molecular complexity index is 1120. The second-order valence-corrected chi connectivity index (χ2v) is 9.93. The van der Waals surface area contributed by atoms with E-state index >= 15 is 0 Å². The van der Waals surface area contributed by atoms with Crippen LogP contribution in [-0.2, 0) is 13.1 Å². The number of rotatable bonds is 9. The first kappa shape index (κ1) is 27.5. The van der Waals surface area contributed by atoms with Gasteiger partial charge in [-0.2, -0.15) is 0 Å². The molecular weight excluding hydrogens is 466 g/mol. The van der Waals surface area contributed by atoms with E-state index in [1.165, 1.54) is 54.4 Å². The Hall–Kier alpha value is -3.56. The monoisotopic (exact) mass is 507 g/mol. The Labute approximate surface area is 228 Å². The van der Waals surface area contributed by atoms with Crippen LogP contribution in [0.15, 0.2) is 109 Å². The van der Waals surface area contributed by atoms with Crippen LogP contribution >= 0.6 is 0 Å². The van der Waals surface area contributed by atoms with E-state index in [-0.39, 0.29) is 0 Å². The standard InChI is InChI=1S/C21H26O2.C14H15N/c1-22-19-14-8-6-12-17(19)21(16-10-4-3-5-11-16)18-13-7-9-15-20(18)23-2;1-3-7-13(8-4-1)11-15-12-14-9-5-2-6-10-14/h6-9,12-16,21H,3-5,10-11H2,1-2H3;1-10,15H,11-12H2. The first-order valence-electron chi connectivity index (χ1n) is 13.8. The average molecular weight is 508 g/mol. The zero-order chi connectivity index (χ0) is 26.4. The fourth-order valence-corrected chi connectivity index (χ4v) is 5.53. The minimum Gasteiger partial charge on any atom is -0.496 e. The summed E-state index contributed by atoms with van der Waals surface area (Å²) in [5.41, 5.74) is 5.22. The van der Waals surface area contributed by atoms with E-state index in [9.17, 15) is 0 Å². The molecular formula is C35H41NO2. The summed E-state index contributed by atoms with van der Waals surface area (Å²) in [5, 5.41) is 3.42. The summed E-state index contributed by atoms with van der Waals surface area (Å²) in [7, 11) is 3.53. The van der Waals surface area contributed by atoms with E-state index in [0.29, 0.717) is 11.8 Å². The predicted octanol–water partition coefficient (Wildman–Crippen LogP) is 8.39.